The lowest BCUT2D eigenvalue weighted by Gasteiger charge is -2.26. The second-order valence-corrected chi connectivity index (χ2v) is 12.0. The molecule has 2 rings (SSSR count). The third-order valence-corrected chi connectivity index (χ3v) is 7.79. The van der Waals surface area contributed by atoms with Gasteiger partial charge in [0.05, 0.1) is 18.3 Å². The van der Waals surface area contributed by atoms with E-state index < -0.39 is 24.3 Å². The first-order valence-electron chi connectivity index (χ1n) is 15.0. The number of carboxylic acid groups (broad SMARTS) is 1. The Labute approximate surface area is 245 Å². The van der Waals surface area contributed by atoms with Crippen LogP contribution >= 0.6 is 0 Å². The molecule has 41 heavy (non-hydrogen) atoms. The molecule has 0 saturated carbocycles. The van der Waals surface area contributed by atoms with Gasteiger partial charge < -0.3 is 25.2 Å². The van der Waals surface area contributed by atoms with Gasteiger partial charge in [-0.15, -0.1) is 0 Å². The maximum Gasteiger partial charge on any atom is 0.331 e. The Morgan fingerprint density at radius 1 is 1.10 bits per heavy atom. The van der Waals surface area contributed by atoms with E-state index in [1.807, 2.05) is 51.2 Å². The standard InChI is InChI=1S/C34H50O7/c1-22(2)32-14-7-6-11-24(4)28(13-9-15-33(38)41-32)29(34(39)40)21-27-17-16-26(20-27)12-8-10-23(3)18-30(36)31(37)19-25(5)35/h6-8,10,12,18,20-22,24-25,28,30-32,35-37H,9,11,13-17,19H2,1-5H3,(H,39,40). The molecule has 6 unspecified atom stereocenters. The van der Waals surface area contributed by atoms with Crippen LogP contribution in [0.15, 0.2) is 70.9 Å². The Morgan fingerprint density at radius 3 is 2.46 bits per heavy atom. The fourth-order valence-electron chi connectivity index (χ4n) is 5.29. The van der Waals surface area contributed by atoms with Gasteiger partial charge in [-0.1, -0.05) is 68.9 Å². The van der Waals surface area contributed by atoms with E-state index in [1.54, 1.807) is 13.0 Å². The Kier molecular flexibility index (Phi) is 14.5. The van der Waals surface area contributed by atoms with E-state index >= 15 is 0 Å². The number of hydrogen-bond acceptors (Lipinski definition) is 6. The van der Waals surface area contributed by atoms with Crippen molar-refractivity contribution in [3.05, 3.63) is 70.9 Å². The van der Waals surface area contributed by atoms with Crippen molar-refractivity contribution in [2.45, 2.75) is 110 Å². The molecule has 0 spiro atoms. The van der Waals surface area contributed by atoms with Gasteiger partial charge in [-0.05, 0) is 80.9 Å². The lowest BCUT2D eigenvalue weighted by Crippen LogP contribution is -2.27. The monoisotopic (exact) mass is 570 g/mol. The van der Waals surface area contributed by atoms with Gasteiger partial charge in [0.1, 0.15) is 6.10 Å². The molecule has 0 fully saturated rings. The Bertz CT molecular complexity index is 1060. The van der Waals surface area contributed by atoms with Crippen LogP contribution in [-0.4, -0.2) is 56.8 Å². The number of aliphatic hydroxyl groups excluding tert-OH is 3. The van der Waals surface area contributed by atoms with Crippen molar-refractivity contribution in [3.8, 4) is 0 Å². The van der Waals surface area contributed by atoms with Gasteiger partial charge in [0.2, 0.25) is 0 Å². The summed E-state index contributed by atoms with van der Waals surface area (Å²) in [5.74, 6) is -0.966. The minimum atomic E-state index is -1.06. The summed E-state index contributed by atoms with van der Waals surface area (Å²) >= 11 is 0. The molecule has 6 atom stereocenters. The molecule has 1 aliphatic heterocycles. The number of carbonyl (C=O) groups is 2. The summed E-state index contributed by atoms with van der Waals surface area (Å²) < 4.78 is 5.69. The van der Waals surface area contributed by atoms with E-state index in [1.165, 1.54) is 0 Å². The first-order valence-corrected chi connectivity index (χ1v) is 15.0. The zero-order valence-electron chi connectivity index (χ0n) is 25.3. The summed E-state index contributed by atoms with van der Waals surface area (Å²) in [5, 5.41) is 39.6. The zero-order valence-corrected chi connectivity index (χ0v) is 25.3. The van der Waals surface area contributed by atoms with Gasteiger partial charge in [0.15, 0.2) is 0 Å². The summed E-state index contributed by atoms with van der Waals surface area (Å²) in [5.41, 5.74) is 3.22. The Morgan fingerprint density at radius 2 is 1.80 bits per heavy atom. The first-order chi connectivity index (χ1) is 19.4. The number of esters is 1. The fraction of sp³-hybridized carbons (Fsp3) is 0.588. The zero-order chi connectivity index (χ0) is 30.5. The van der Waals surface area contributed by atoms with Crippen LogP contribution in [0.25, 0.3) is 0 Å². The number of aliphatic hydroxyl groups is 3. The summed E-state index contributed by atoms with van der Waals surface area (Å²) in [7, 11) is 0. The summed E-state index contributed by atoms with van der Waals surface area (Å²) in [6.07, 6.45) is 16.9. The number of aliphatic carboxylic acids is 1. The molecule has 7 nitrogen and oxygen atoms in total. The number of allylic oxidation sites excluding steroid dienone is 9. The highest BCUT2D eigenvalue weighted by Gasteiger charge is 2.27. The number of rotatable bonds is 10. The van der Waals surface area contributed by atoms with Crippen LogP contribution in [0.5, 0.6) is 0 Å². The highest BCUT2D eigenvalue weighted by atomic mass is 16.5. The van der Waals surface area contributed by atoms with Gasteiger partial charge in [0.25, 0.3) is 0 Å². The number of carboxylic acids is 1. The molecule has 0 bridgehead atoms. The highest BCUT2D eigenvalue weighted by Crippen LogP contribution is 2.33. The molecular weight excluding hydrogens is 520 g/mol. The smallest absolute Gasteiger partial charge is 0.331 e. The van der Waals surface area contributed by atoms with Crippen molar-refractivity contribution in [1.82, 2.24) is 0 Å². The molecule has 2 aliphatic rings. The van der Waals surface area contributed by atoms with Crippen LogP contribution in [-0.2, 0) is 14.3 Å². The van der Waals surface area contributed by atoms with Crippen LogP contribution in [0.2, 0.25) is 0 Å². The van der Waals surface area contributed by atoms with E-state index in [9.17, 15) is 30.0 Å². The van der Waals surface area contributed by atoms with Crippen LogP contribution in [0.3, 0.4) is 0 Å². The van der Waals surface area contributed by atoms with Crippen LogP contribution in [0, 0.1) is 17.8 Å². The largest absolute Gasteiger partial charge is 0.478 e. The Hall–Kier alpha value is -2.74. The van der Waals surface area contributed by atoms with Crippen molar-refractivity contribution in [1.29, 1.82) is 0 Å². The van der Waals surface area contributed by atoms with Crippen molar-refractivity contribution < 1.29 is 34.8 Å². The van der Waals surface area contributed by atoms with Crippen LogP contribution in [0.1, 0.15) is 86.0 Å². The molecule has 0 aromatic carbocycles. The molecule has 0 aromatic heterocycles. The molecule has 1 heterocycles. The average Bonchev–Trinajstić information content (AvgIpc) is 3.33. The van der Waals surface area contributed by atoms with Gasteiger partial charge in [-0.3, -0.25) is 4.79 Å². The van der Waals surface area contributed by atoms with E-state index in [4.69, 9.17) is 4.74 Å². The van der Waals surface area contributed by atoms with E-state index in [-0.39, 0.29) is 42.7 Å². The normalized spacial score (nSPS) is 26.9. The minimum Gasteiger partial charge on any atom is -0.478 e. The van der Waals surface area contributed by atoms with Crippen molar-refractivity contribution in [2.75, 3.05) is 0 Å². The average molecular weight is 571 g/mol. The van der Waals surface area contributed by atoms with Gasteiger partial charge in [-0.25, -0.2) is 4.79 Å². The Balaban J connectivity index is 2.16. The number of carbonyl (C=O) groups excluding carboxylic acids is 1. The predicted molar refractivity (Wildman–Crippen MR) is 162 cm³/mol. The molecule has 4 N–H and O–H groups in total. The quantitative estimate of drug-likeness (QED) is 0.110. The number of hydrogen-bond donors (Lipinski definition) is 4. The molecule has 7 heteroatoms. The van der Waals surface area contributed by atoms with Crippen molar-refractivity contribution in [3.63, 3.8) is 0 Å². The molecule has 0 aromatic rings. The second-order valence-electron chi connectivity index (χ2n) is 12.0. The van der Waals surface area contributed by atoms with Gasteiger partial charge in [0, 0.05) is 24.8 Å². The maximum absolute atomic E-state index is 12.4. The van der Waals surface area contributed by atoms with E-state index in [2.05, 4.69) is 19.1 Å². The molecule has 228 valence electrons. The molecule has 0 radical (unpaired) electrons. The summed E-state index contributed by atoms with van der Waals surface area (Å²) in [6, 6.07) is 0. The molecular formula is C34H50O7. The summed E-state index contributed by atoms with van der Waals surface area (Å²) in [4.78, 5) is 24.9. The lowest BCUT2D eigenvalue weighted by molar-refractivity contribution is -0.151. The van der Waals surface area contributed by atoms with Crippen molar-refractivity contribution >= 4 is 11.9 Å². The SMILES string of the molecule is CC(C=CC=C1C=C(C=C(C(=O)O)C2CCCC(=O)OC(C(C)C)CC=CCC2C)CC1)=CC(O)C(O)CC(C)O. The molecule has 0 amide bonds. The lowest BCUT2D eigenvalue weighted by atomic mass is 9.80. The molecule has 1 aliphatic carbocycles. The fourth-order valence-corrected chi connectivity index (χ4v) is 5.29. The number of ether oxygens (including phenoxy) is 1. The third-order valence-electron chi connectivity index (χ3n) is 7.79. The first kappa shape index (κ1) is 34.5. The third kappa shape index (κ3) is 12.3. The summed E-state index contributed by atoms with van der Waals surface area (Å²) in [6.45, 7) is 9.58. The predicted octanol–water partition coefficient (Wildman–Crippen LogP) is 5.98. The van der Waals surface area contributed by atoms with Crippen LogP contribution < -0.4 is 0 Å². The van der Waals surface area contributed by atoms with E-state index in [0.29, 0.717) is 24.8 Å². The maximum atomic E-state index is 12.4. The van der Waals surface area contributed by atoms with Gasteiger partial charge >= 0.3 is 11.9 Å². The number of cyclic esters (lactones) is 1. The van der Waals surface area contributed by atoms with E-state index in [0.717, 1.165) is 36.0 Å². The topological polar surface area (TPSA) is 124 Å². The second kappa shape index (κ2) is 17.3. The van der Waals surface area contributed by atoms with Gasteiger partial charge in [-0.2, -0.15) is 0 Å². The van der Waals surface area contributed by atoms with Crippen molar-refractivity contribution in [2.24, 2.45) is 17.8 Å². The van der Waals surface area contributed by atoms with Crippen LogP contribution in [0.4, 0.5) is 0 Å². The highest BCUT2D eigenvalue weighted by molar-refractivity contribution is 5.88. The minimum absolute atomic E-state index is 0.0970. The molecule has 0 saturated heterocycles.